The molecule has 0 radical (unpaired) electrons. The smallest absolute Gasteiger partial charge is 0.146 e. The average Bonchev–Trinajstić information content (AvgIpc) is 2.47. The van der Waals surface area contributed by atoms with Crippen LogP contribution in [0.4, 0.5) is 14.5 Å². The van der Waals surface area contributed by atoms with Gasteiger partial charge in [0, 0.05) is 6.54 Å². The third kappa shape index (κ3) is 4.72. The van der Waals surface area contributed by atoms with Gasteiger partial charge in [0.05, 0.1) is 5.69 Å². The normalized spacial score (nSPS) is 12.0. The zero-order valence-corrected chi connectivity index (χ0v) is 11.6. The van der Waals surface area contributed by atoms with E-state index in [1.165, 1.54) is 30.3 Å². The quantitative estimate of drug-likeness (QED) is 0.860. The summed E-state index contributed by atoms with van der Waals surface area (Å²) in [4.78, 5) is 0. The molecule has 3 nitrogen and oxygen atoms in total. The van der Waals surface area contributed by atoms with Crippen molar-refractivity contribution in [2.45, 2.75) is 13.0 Å². The summed E-state index contributed by atoms with van der Waals surface area (Å²) >= 11 is 0. The second-order valence-electron chi connectivity index (χ2n) is 4.78. The van der Waals surface area contributed by atoms with Gasteiger partial charge in [0.2, 0.25) is 0 Å². The highest BCUT2D eigenvalue weighted by atomic mass is 19.1. The molecule has 1 unspecified atom stereocenters. The molecule has 2 aromatic rings. The van der Waals surface area contributed by atoms with Crippen molar-refractivity contribution < 1.29 is 18.6 Å². The largest absolute Gasteiger partial charge is 0.491 e. The van der Waals surface area contributed by atoms with Gasteiger partial charge in [0.15, 0.2) is 0 Å². The van der Waals surface area contributed by atoms with Crippen LogP contribution in [0.5, 0.6) is 5.75 Å². The molecule has 2 N–H and O–H groups in total. The van der Waals surface area contributed by atoms with E-state index in [1.807, 2.05) is 6.92 Å². The first-order valence-corrected chi connectivity index (χ1v) is 6.61. The number of ether oxygens (including phenoxy) is 1. The lowest BCUT2D eigenvalue weighted by Crippen LogP contribution is -2.26. The van der Waals surface area contributed by atoms with Gasteiger partial charge in [-0.2, -0.15) is 0 Å². The Morgan fingerprint density at radius 2 is 1.86 bits per heavy atom. The number of rotatable bonds is 6. The molecule has 0 aromatic heterocycles. The molecule has 0 aliphatic carbocycles. The number of aliphatic hydroxyl groups is 1. The Hall–Kier alpha value is -2.14. The molecule has 0 bridgehead atoms. The lowest BCUT2D eigenvalue weighted by atomic mass is 10.2. The molecular weight excluding hydrogens is 276 g/mol. The standard InChI is InChI=1S/C16H17F2NO2/c1-11-2-7-15(18)16(8-11)19-9-13(20)10-21-14-5-3-12(17)4-6-14/h2-8,13,19-20H,9-10H2,1H3. The first-order chi connectivity index (χ1) is 10.0. The van der Waals surface area contributed by atoms with E-state index < -0.39 is 6.10 Å². The van der Waals surface area contributed by atoms with Gasteiger partial charge in [-0.1, -0.05) is 6.07 Å². The van der Waals surface area contributed by atoms with Crippen molar-refractivity contribution in [1.82, 2.24) is 0 Å². The van der Waals surface area contributed by atoms with E-state index in [4.69, 9.17) is 4.74 Å². The predicted molar refractivity (Wildman–Crippen MR) is 77.5 cm³/mol. The molecule has 1 atom stereocenters. The second kappa shape index (κ2) is 7.04. The molecule has 0 aliphatic rings. The molecule has 0 saturated carbocycles. The Labute approximate surface area is 122 Å². The number of hydrogen-bond donors (Lipinski definition) is 2. The Balaban J connectivity index is 1.80. The van der Waals surface area contributed by atoms with Crippen LogP contribution in [0.15, 0.2) is 42.5 Å². The summed E-state index contributed by atoms with van der Waals surface area (Å²) in [5, 5.41) is 12.6. The SMILES string of the molecule is Cc1ccc(F)c(NCC(O)COc2ccc(F)cc2)c1. The van der Waals surface area contributed by atoms with Gasteiger partial charge in [-0.15, -0.1) is 0 Å². The Kier molecular flexibility index (Phi) is 5.11. The summed E-state index contributed by atoms with van der Waals surface area (Å²) in [5.41, 5.74) is 1.27. The molecule has 0 heterocycles. The van der Waals surface area contributed by atoms with Crippen LogP contribution >= 0.6 is 0 Å². The highest BCUT2D eigenvalue weighted by Gasteiger charge is 2.08. The van der Waals surface area contributed by atoms with E-state index in [9.17, 15) is 13.9 Å². The fraction of sp³-hybridized carbons (Fsp3) is 0.250. The topological polar surface area (TPSA) is 41.5 Å². The van der Waals surface area contributed by atoms with Crippen LogP contribution in [0.1, 0.15) is 5.56 Å². The summed E-state index contributed by atoms with van der Waals surface area (Å²) in [6.07, 6.45) is -0.810. The maximum atomic E-state index is 13.5. The molecule has 2 aromatic carbocycles. The summed E-state index contributed by atoms with van der Waals surface area (Å²) in [7, 11) is 0. The van der Waals surface area contributed by atoms with Crippen molar-refractivity contribution in [2.75, 3.05) is 18.5 Å². The number of halogens is 2. The molecule has 112 valence electrons. The Morgan fingerprint density at radius 3 is 2.57 bits per heavy atom. The van der Waals surface area contributed by atoms with Crippen molar-refractivity contribution in [3.63, 3.8) is 0 Å². The van der Waals surface area contributed by atoms with Gasteiger partial charge in [-0.05, 0) is 48.9 Å². The number of benzene rings is 2. The fourth-order valence-corrected chi connectivity index (χ4v) is 1.78. The van der Waals surface area contributed by atoms with Crippen molar-refractivity contribution in [3.8, 4) is 5.75 Å². The van der Waals surface area contributed by atoms with Gasteiger partial charge < -0.3 is 15.2 Å². The number of nitrogens with one attached hydrogen (secondary N) is 1. The van der Waals surface area contributed by atoms with Crippen molar-refractivity contribution in [1.29, 1.82) is 0 Å². The molecule has 0 aliphatic heterocycles. The summed E-state index contributed by atoms with van der Waals surface area (Å²) < 4.78 is 31.5. The third-order valence-corrected chi connectivity index (χ3v) is 2.91. The van der Waals surface area contributed by atoms with E-state index >= 15 is 0 Å². The first kappa shape index (κ1) is 15.3. The predicted octanol–water partition coefficient (Wildman–Crippen LogP) is 3.13. The van der Waals surface area contributed by atoms with Crippen LogP contribution < -0.4 is 10.1 Å². The molecule has 0 saturated heterocycles. The van der Waals surface area contributed by atoms with Crippen LogP contribution in [-0.4, -0.2) is 24.4 Å². The number of hydrogen-bond acceptors (Lipinski definition) is 3. The second-order valence-corrected chi connectivity index (χ2v) is 4.78. The van der Waals surface area contributed by atoms with E-state index in [0.717, 1.165) is 5.56 Å². The monoisotopic (exact) mass is 293 g/mol. The number of anilines is 1. The maximum Gasteiger partial charge on any atom is 0.146 e. The van der Waals surface area contributed by atoms with E-state index in [0.29, 0.717) is 11.4 Å². The molecule has 5 heteroatoms. The van der Waals surface area contributed by atoms with Crippen LogP contribution in [0.25, 0.3) is 0 Å². The number of aliphatic hydroxyl groups excluding tert-OH is 1. The summed E-state index contributed by atoms with van der Waals surface area (Å²) in [5.74, 6) is -0.246. The molecule has 2 rings (SSSR count). The van der Waals surface area contributed by atoms with Crippen molar-refractivity contribution >= 4 is 5.69 Å². The maximum absolute atomic E-state index is 13.5. The van der Waals surface area contributed by atoms with Gasteiger partial charge in [-0.3, -0.25) is 0 Å². The highest BCUT2D eigenvalue weighted by Crippen LogP contribution is 2.16. The minimum Gasteiger partial charge on any atom is -0.491 e. The van der Waals surface area contributed by atoms with Crippen LogP contribution in [0.2, 0.25) is 0 Å². The molecule has 0 spiro atoms. The highest BCUT2D eigenvalue weighted by molar-refractivity contribution is 5.47. The van der Waals surface area contributed by atoms with Crippen molar-refractivity contribution in [3.05, 3.63) is 59.7 Å². The molecule has 21 heavy (non-hydrogen) atoms. The van der Waals surface area contributed by atoms with Crippen LogP contribution in [0.3, 0.4) is 0 Å². The summed E-state index contributed by atoms with van der Waals surface area (Å²) in [6.45, 7) is 2.05. The minimum absolute atomic E-state index is 0.0338. The zero-order valence-electron chi connectivity index (χ0n) is 11.6. The van der Waals surface area contributed by atoms with Gasteiger partial charge in [-0.25, -0.2) is 8.78 Å². The van der Waals surface area contributed by atoms with Gasteiger partial charge >= 0.3 is 0 Å². The average molecular weight is 293 g/mol. The van der Waals surface area contributed by atoms with Gasteiger partial charge in [0.1, 0.15) is 30.1 Å². The van der Waals surface area contributed by atoms with E-state index in [-0.39, 0.29) is 24.8 Å². The lowest BCUT2D eigenvalue weighted by Gasteiger charge is -2.14. The molecule has 0 fully saturated rings. The van der Waals surface area contributed by atoms with E-state index in [2.05, 4.69) is 5.32 Å². The third-order valence-electron chi connectivity index (χ3n) is 2.91. The summed E-state index contributed by atoms with van der Waals surface area (Å²) in [6, 6.07) is 10.2. The minimum atomic E-state index is -0.810. The first-order valence-electron chi connectivity index (χ1n) is 6.61. The van der Waals surface area contributed by atoms with Crippen LogP contribution in [-0.2, 0) is 0 Å². The van der Waals surface area contributed by atoms with Gasteiger partial charge in [0.25, 0.3) is 0 Å². The van der Waals surface area contributed by atoms with E-state index in [1.54, 1.807) is 12.1 Å². The Bertz CT molecular complexity index is 587. The lowest BCUT2D eigenvalue weighted by molar-refractivity contribution is 0.117. The number of aryl methyl sites for hydroxylation is 1. The molecule has 0 amide bonds. The fourth-order valence-electron chi connectivity index (χ4n) is 1.78. The Morgan fingerprint density at radius 1 is 1.14 bits per heavy atom. The van der Waals surface area contributed by atoms with Crippen LogP contribution in [0, 0.1) is 18.6 Å². The zero-order chi connectivity index (χ0) is 15.2. The molecular formula is C16H17F2NO2. The van der Waals surface area contributed by atoms with Crippen molar-refractivity contribution in [2.24, 2.45) is 0 Å².